The summed E-state index contributed by atoms with van der Waals surface area (Å²) in [5.41, 5.74) is -0.337. The van der Waals surface area contributed by atoms with Crippen LogP contribution >= 0.6 is 43.2 Å². The van der Waals surface area contributed by atoms with Crippen LogP contribution in [-0.2, 0) is 0 Å². The Labute approximate surface area is 135 Å². The molecule has 5 heteroatoms. The molecule has 1 aromatic heterocycles. The minimum absolute atomic E-state index is 0.288. The summed E-state index contributed by atoms with van der Waals surface area (Å²) in [6, 6.07) is 4.32. The maximum absolute atomic E-state index is 10.7. The first-order valence-corrected chi connectivity index (χ1v) is 8.74. The molecular formula is C14H17Br2NOS. The van der Waals surface area contributed by atoms with Gasteiger partial charge in [0.05, 0.1) is 15.3 Å². The van der Waals surface area contributed by atoms with E-state index in [0.717, 1.165) is 38.8 Å². The van der Waals surface area contributed by atoms with E-state index >= 15 is 0 Å². The summed E-state index contributed by atoms with van der Waals surface area (Å²) in [6.45, 7) is 4.47. The van der Waals surface area contributed by atoms with Gasteiger partial charge in [0.15, 0.2) is 0 Å². The van der Waals surface area contributed by atoms with E-state index in [1.165, 1.54) is 11.3 Å². The van der Waals surface area contributed by atoms with Crippen molar-refractivity contribution in [2.75, 3.05) is 0 Å². The van der Waals surface area contributed by atoms with Crippen molar-refractivity contribution < 1.29 is 5.11 Å². The zero-order chi connectivity index (χ0) is 14.3. The Hall–Kier alpha value is 0.110. The largest absolute Gasteiger partial charge is 0.386 e. The molecule has 1 aliphatic rings. The summed E-state index contributed by atoms with van der Waals surface area (Å²) >= 11 is 8.38. The van der Waals surface area contributed by atoms with Gasteiger partial charge in [0.25, 0.3) is 0 Å². The van der Waals surface area contributed by atoms with Crippen molar-refractivity contribution in [3.63, 3.8) is 0 Å². The lowest BCUT2D eigenvalue weighted by Crippen LogP contribution is -2.34. The van der Waals surface area contributed by atoms with E-state index in [1.54, 1.807) is 0 Å². The van der Waals surface area contributed by atoms with Gasteiger partial charge in [-0.1, -0.05) is 13.8 Å². The van der Waals surface area contributed by atoms with Gasteiger partial charge in [-0.3, -0.25) is 0 Å². The van der Waals surface area contributed by atoms with Crippen LogP contribution in [0.3, 0.4) is 0 Å². The average Bonchev–Trinajstić information content (AvgIpc) is 2.70. The summed E-state index contributed by atoms with van der Waals surface area (Å²) in [5, 5.41) is 20.2. The van der Waals surface area contributed by atoms with Crippen LogP contribution < -0.4 is 0 Å². The Morgan fingerprint density at radius 3 is 2.32 bits per heavy atom. The highest BCUT2D eigenvalue weighted by molar-refractivity contribution is 9.13. The third-order valence-corrected chi connectivity index (χ3v) is 7.48. The van der Waals surface area contributed by atoms with E-state index in [4.69, 9.17) is 0 Å². The average molecular weight is 407 g/mol. The van der Waals surface area contributed by atoms with E-state index < -0.39 is 11.5 Å². The molecule has 1 atom stereocenters. The minimum atomic E-state index is -0.693. The van der Waals surface area contributed by atoms with E-state index in [1.807, 2.05) is 6.07 Å². The number of nitriles is 1. The quantitative estimate of drug-likeness (QED) is 0.712. The zero-order valence-electron chi connectivity index (χ0n) is 11.0. The molecule has 19 heavy (non-hydrogen) atoms. The molecule has 1 aliphatic carbocycles. The molecular weight excluding hydrogens is 390 g/mol. The van der Waals surface area contributed by atoms with Crippen LogP contribution in [0.2, 0.25) is 0 Å². The van der Waals surface area contributed by atoms with E-state index in [9.17, 15) is 10.4 Å². The van der Waals surface area contributed by atoms with Crippen LogP contribution in [0.1, 0.15) is 50.5 Å². The molecule has 0 bridgehead atoms. The van der Waals surface area contributed by atoms with Crippen molar-refractivity contribution in [3.05, 3.63) is 19.2 Å². The van der Waals surface area contributed by atoms with Crippen LogP contribution in [0.4, 0.5) is 0 Å². The second-order valence-corrected chi connectivity index (χ2v) is 9.36. The molecule has 1 heterocycles. The maximum atomic E-state index is 10.7. The van der Waals surface area contributed by atoms with Gasteiger partial charge >= 0.3 is 0 Å². The Kier molecular flexibility index (Phi) is 4.47. The first kappa shape index (κ1) is 15.5. The summed E-state index contributed by atoms with van der Waals surface area (Å²) in [5.74, 6) is 0. The van der Waals surface area contributed by atoms with Gasteiger partial charge in [-0.05, 0) is 69.0 Å². The zero-order valence-corrected chi connectivity index (χ0v) is 15.0. The maximum Gasteiger partial charge on any atom is 0.107 e. The molecule has 1 saturated carbocycles. The van der Waals surface area contributed by atoms with Crippen molar-refractivity contribution in [3.8, 4) is 6.07 Å². The molecule has 2 rings (SSSR count). The summed E-state index contributed by atoms with van der Waals surface area (Å²) < 4.78 is 1.90. The molecule has 2 nitrogen and oxygen atoms in total. The summed E-state index contributed by atoms with van der Waals surface area (Å²) in [4.78, 5) is 0.861. The molecule has 1 N–H and O–H groups in total. The van der Waals surface area contributed by atoms with Crippen molar-refractivity contribution >= 4 is 43.2 Å². The van der Waals surface area contributed by atoms with Crippen LogP contribution in [0.5, 0.6) is 0 Å². The normalized spacial score (nSPS) is 22.7. The molecule has 1 unspecified atom stereocenters. The smallest absolute Gasteiger partial charge is 0.107 e. The molecule has 1 fully saturated rings. The van der Waals surface area contributed by atoms with E-state index in [2.05, 4.69) is 51.8 Å². The van der Waals surface area contributed by atoms with Gasteiger partial charge in [-0.15, -0.1) is 11.3 Å². The number of hydrogen-bond acceptors (Lipinski definition) is 3. The Bertz CT molecular complexity index is 489. The highest BCUT2D eigenvalue weighted by Gasteiger charge is 2.45. The van der Waals surface area contributed by atoms with Gasteiger partial charge in [-0.25, -0.2) is 0 Å². The minimum Gasteiger partial charge on any atom is -0.386 e. The number of aliphatic hydroxyl groups excluding tert-OH is 1. The van der Waals surface area contributed by atoms with E-state index in [0.29, 0.717) is 0 Å². The number of hydrogen-bond donors (Lipinski definition) is 1. The second kappa shape index (κ2) is 5.48. The number of rotatable bonds is 2. The number of halogens is 2. The Morgan fingerprint density at radius 1 is 1.32 bits per heavy atom. The molecule has 1 aromatic rings. The Morgan fingerprint density at radius 2 is 1.89 bits per heavy atom. The van der Waals surface area contributed by atoms with Gasteiger partial charge in [0.1, 0.15) is 6.10 Å². The van der Waals surface area contributed by atoms with Crippen LogP contribution in [0.25, 0.3) is 0 Å². The Balaban J connectivity index is 2.25. The molecule has 0 spiro atoms. The lowest BCUT2D eigenvalue weighted by molar-refractivity contribution is 0.0117. The molecule has 0 aromatic carbocycles. The molecule has 0 aliphatic heterocycles. The highest BCUT2D eigenvalue weighted by Crippen LogP contribution is 2.52. The highest BCUT2D eigenvalue weighted by atomic mass is 79.9. The monoisotopic (exact) mass is 405 g/mol. The standard InChI is InChI=1S/C14H17Br2NOS/c1-13(2)3-5-14(8-17,6-4-13)11(18)10-7-9(15)12(16)19-10/h7,11,18H,3-6H2,1-2H3. The molecule has 0 amide bonds. The van der Waals surface area contributed by atoms with Crippen molar-refractivity contribution in [1.82, 2.24) is 0 Å². The fourth-order valence-electron chi connectivity index (χ4n) is 2.59. The molecule has 0 saturated heterocycles. The molecule has 0 radical (unpaired) electrons. The second-order valence-electron chi connectivity index (χ2n) is 6.11. The van der Waals surface area contributed by atoms with Crippen LogP contribution in [0.15, 0.2) is 14.3 Å². The van der Waals surface area contributed by atoms with Gasteiger partial charge in [-0.2, -0.15) is 5.26 Å². The lowest BCUT2D eigenvalue weighted by Gasteiger charge is -2.41. The predicted octanol–water partition coefficient (Wildman–Crippen LogP) is 5.42. The van der Waals surface area contributed by atoms with Gasteiger partial charge < -0.3 is 5.11 Å². The predicted molar refractivity (Wildman–Crippen MR) is 85.0 cm³/mol. The van der Waals surface area contributed by atoms with Crippen molar-refractivity contribution in [1.29, 1.82) is 5.26 Å². The van der Waals surface area contributed by atoms with Gasteiger partial charge in [0.2, 0.25) is 0 Å². The summed E-state index contributed by atoms with van der Waals surface area (Å²) in [7, 11) is 0. The first-order valence-electron chi connectivity index (χ1n) is 6.34. The SMILES string of the molecule is CC1(C)CCC(C#N)(C(O)c2cc(Br)c(Br)s2)CC1. The lowest BCUT2D eigenvalue weighted by atomic mass is 9.63. The van der Waals surface area contributed by atoms with Crippen LogP contribution in [-0.4, -0.2) is 5.11 Å². The van der Waals surface area contributed by atoms with E-state index in [-0.39, 0.29) is 5.41 Å². The van der Waals surface area contributed by atoms with Crippen molar-refractivity contribution in [2.24, 2.45) is 10.8 Å². The molecule has 104 valence electrons. The third kappa shape index (κ3) is 3.07. The number of thiophene rings is 1. The first-order chi connectivity index (χ1) is 8.80. The fraction of sp³-hybridized carbons (Fsp3) is 0.643. The number of nitrogens with zero attached hydrogens (tertiary/aromatic N) is 1. The number of aliphatic hydroxyl groups is 1. The van der Waals surface area contributed by atoms with Crippen molar-refractivity contribution in [2.45, 2.75) is 45.6 Å². The van der Waals surface area contributed by atoms with Gasteiger partial charge in [0, 0.05) is 9.35 Å². The summed E-state index contributed by atoms with van der Waals surface area (Å²) in [6.07, 6.45) is 2.83. The third-order valence-electron chi connectivity index (χ3n) is 4.18. The fourth-order valence-corrected chi connectivity index (χ4v) is 4.78. The topological polar surface area (TPSA) is 44.0 Å². The van der Waals surface area contributed by atoms with Crippen LogP contribution in [0, 0.1) is 22.2 Å².